The largest absolute Gasteiger partial charge is 0.399 e. The van der Waals surface area contributed by atoms with Gasteiger partial charge in [-0.15, -0.1) is 11.3 Å². The third-order valence-electron chi connectivity index (χ3n) is 3.93. The number of nitrogen functional groups attached to an aromatic ring is 1. The fraction of sp³-hybridized carbons (Fsp3) is 0.412. The van der Waals surface area contributed by atoms with E-state index in [0.29, 0.717) is 0 Å². The molecular formula is C17H22N2S. The van der Waals surface area contributed by atoms with Crippen molar-refractivity contribution in [3.8, 4) is 10.4 Å². The predicted molar refractivity (Wildman–Crippen MR) is 87.9 cm³/mol. The molecule has 0 aliphatic carbocycles. The number of nitrogens with zero attached hydrogens (tertiary/aromatic N) is 1. The zero-order valence-corrected chi connectivity index (χ0v) is 12.7. The van der Waals surface area contributed by atoms with E-state index in [0.717, 1.165) is 12.2 Å². The highest BCUT2D eigenvalue weighted by Gasteiger charge is 2.11. The summed E-state index contributed by atoms with van der Waals surface area (Å²) in [5.74, 6) is 0. The van der Waals surface area contributed by atoms with Crippen LogP contribution in [0.1, 0.15) is 30.6 Å². The molecule has 0 radical (unpaired) electrons. The highest BCUT2D eigenvalue weighted by Crippen LogP contribution is 2.29. The zero-order chi connectivity index (χ0) is 13.8. The van der Waals surface area contributed by atoms with Crippen molar-refractivity contribution >= 4 is 17.0 Å². The van der Waals surface area contributed by atoms with Gasteiger partial charge in [0.25, 0.3) is 0 Å². The topological polar surface area (TPSA) is 29.3 Å². The minimum atomic E-state index is 0.829. The molecule has 2 aromatic rings. The Morgan fingerprint density at radius 3 is 2.30 bits per heavy atom. The molecule has 1 aliphatic heterocycles. The summed E-state index contributed by atoms with van der Waals surface area (Å²) in [6.07, 6.45) is 5.52. The van der Waals surface area contributed by atoms with Gasteiger partial charge in [-0.1, -0.05) is 25.0 Å². The number of hydrogen-bond donors (Lipinski definition) is 1. The van der Waals surface area contributed by atoms with Crippen LogP contribution in [0.3, 0.4) is 0 Å². The Balaban J connectivity index is 1.68. The molecule has 1 aliphatic rings. The van der Waals surface area contributed by atoms with Crippen molar-refractivity contribution in [3.63, 3.8) is 0 Å². The first-order valence-corrected chi connectivity index (χ1v) is 8.30. The summed E-state index contributed by atoms with van der Waals surface area (Å²) < 4.78 is 0. The van der Waals surface area contributed by atoms with Crippen LogP contribution in [-0.2, 0) is 6.54 Å². The third kappa shape index (κ3) is 3.41. The number of thiophene rings is 1. The van der Waals surface area contributed by atoms with Crippen molar-refractivity contribution in [1.29, 1.82) is 0 Å². The Morgan fingerprint density at radius 1 is 0.900 bits per heavy atom. The van der Waals surface area contributed by atoms with E-state index in [4.69, 9.17) is 5.73 Å². The van der Waals surface area contributed by atoms with E-state index >= 15 is 0 Å². The van der Waals surface area contributed by atoms with Crippen LogP contribution in [0.4, 0.5) is 5.69 Å². The van der Waals surface area contributed by atoms with Crippen molar-refractivity contribution in [3.05, 3.63) is 41.3 Å². The molecule has 2 N–H and O–H groups in total. The molecule has 0 amide bonds. The standard InChI is InChI=1S/C17H22N2S/c18-15-7-5-14(6-8-15)17-10-9-16(20-17)13-19-11-3-1-2-4-12-19/h5-10H,1-4,11-13,18H2. The van der Waals surface area contributed by atoms with E-state index in [-0.39, 0.29) is 0 Å². The molecule has 0 saturated carbocycles. The second-order valence-electron chi connectivity index (χ2n) is 5.58. The molecule has 106 valence electrons. The number of likely N-dealkylation sites (tertiary alicyclic amines) is 1. The van der Waals surface area contributed by atoms with Crippen molar-refractivity contribution in [2.24, 2.45) is 0 Å². The maximum atomic E-state index is 5.75. The minimum Gasteiger partial charge on any atom is -0.399 e. The molecule has 20 heavy (non-hydrogen) atoms. The molecule has 0 bridgehead atoms. The molecule has 2 nitrogen and oxygen atoms in total. The van der Waals surface area contributed by atoms with Crippen molar-refractivity contribution in [1.82, 2.24) is 4.90 Å². The molecule has 3 rings (SSSR count). The van der Waals surface area contributed by atoms with E-state index in [1.807, 2.05) is 23.5 Å². The maximum absolute atomic E-state index is 5.75. The van der Waals surface area contributed by atoms with Crippen LogP contribution in [0.2, 0.25) is 0 Å². The lowest BCUT2D eigenvalue weighted by Gasteiger charge is -2.18. The molecule has 0 unspecified atom stereocenters. The van der Waals surface area contributed by atoms with Gasteiger partial charge in [0, 0.05) is 22.0 Å². The predicted octanol–water partition coefficient (Wildman–Crippen LogP) is 4.37. The lowest BCUT2D eigenvalue weighted by Crippen LogP contribution is -2.23. The zero-order valence-electron chi connectivity index (χ0n) is 11.8. The fourth-order valence-electron chi connectivity index (χ4n) is 2.78. The van der Waals surface area contributed by atoms with Crippen LogP contribution in [-0.4, -0.2) is 18.0 Å². The highest BCUT2D eigenvalue weighted by molar-refractivity contribution is 7.15. The van der Waals surface area contributed by atoms with Crippen molar-refractivity contribution in [2.75, 3.05) is 18.8 Å². The quantitative estimate of drug-likeness (QED) is 0.849. The average Bonchev–Trinajstić information content (AvgIpc) is 2.76. The number of hydrogen-bond acceptors (Lipinski definition) is 3. The smallest absolute Gasteiger partial charge is 0.0346 e. The van der Waals surface area contributed by atoms with E-state index in [1.54, 1.807) is 0 Å². The van der Waals surface area contributed by atoms with Gasteiger partial charge in [0.2, 0.25) is 0 Å². The Morgan fingerprint density at radius 2 is 1.60 bits per heavy atom. The summed E-state index contributed by atoms with van der Waals surface area (Å²) in [6, 6.07) is 12.7. The lowest BCUT2D eigenvalue weighted by molar-refractivity contribution is 0.279. The molecule has 3 heteroatoms. The monoisotopic (exact) mass is 286 g/mol. The van der Waals surface area contributed by atoms with Crippen LogP contribution < -0.4 is 5.73 Å². The van der Waals surface area contributed by atoms with Gasteiger partial charge in [0.1, 0.15) is 0 Å². The summed E-state index contributed by atoms with van der Waals surface area (Å²) in [5.41, 5.74) is 7.84. The average molecular weight is 286 g/mol. The van der Waals surface area contributed by atoms with Crippen molar-refractivity contribution < 1.29 is 0 Å². The number of rotatable bonds is 3. The van der Waals surface area contributed by atoms with E-state index < -0.39 is 0 Å². The summed E-state index contributed by atoms with van der Waals surface area (Å²) in [4.78, 5) is 5.42. The van der Waals surface area contributed by atoms with Crippen molar-refractivity contribution in [2.45, 2.75) is 32.2 Å². The fourth-order valence-corrected chi connectivity index (χ4v) is 3.84. The van der Waals surface area contributed by atoms with Gasteiger partial charge in [0.05, 0.1) is 0 Å². The summed E-state index contributed by atoms with van der Waals surface area (Å²) >= 11 is 1.91. The second-order valence-corrected chi connectivity index (χ2v) is 6.75. The lowest BCUT2D eigenvalue weighted by atomic mass is 10.2. The molecule has 1 aromatic heterocycles. The number of nitrogens with two attached hydrogens (primary N) is 1. The van der Waals surface area contributed by atoms with E-state index in [1.165, 1.54) is 54.1 Å². The molecule has 2 heterocycles. The van der Waals surface area contributed by atoms with Crippen LogP contribution in [0.25, 0.3) is 10.4 Å². The van der Waals surface area contributed by atoms with Gasteiger partial charge in [0.15, 0.2) is 0 Å². The molecule has 0 spiro atoms. The number of benzene rings is 1. The first-order chi connectivity index (χ1) is 9.81. The summed E-state index contributed by atoms with van der Waals surface area (Å²) in [6.45, 7) is 3.63. The third-order valence-corrected chi connectivity index (χ3v) is 5.05. The first kappa shape index (κ1) is 13.7. The van der Waals surface area contributed by atoms with Crippen LogP contribution in [0.5, 0.6) is 0 Å². The van der Waals surface area contributed by atoms with Gasteiger partial charge in [-0.05, 0) is 55.8 Å². The Labute approximate surface area is 125 Å². The first-order valence-electron chi connectivity index (χ1n) is 7.48. The van der Waals surface area contributed by atoms with Gasteiger partial charge >= 0.3 is 0 Å². The molecule has 1 fully saturated rings. The second kappa shape index (κ2) is 6.42. The Kier molecular flexibility index (Phi) is 4.38. The summed E-state index contributed by atoms with van der Waals surface area (Å²) in [5, 5.41) is 0. The molecule has 0 atom stereocenters. The normalized spacial score (nSPS) is 17.0. The summed E-state index contributed by atoms with van der Waals surface area (Å²) in [7, 11) is 0. The molecule has 1 aromatic carbocycles. The van der Waals surface area contributed by atoms with Crippen LogP contribution in [0, 0.1) is 0 Å². The maximum Gasteiger partial charge on any atom is 0.0346 e. The van der Waals surface area contributed by atoms with Gasteiger partial charge in [-0.3, -0.25) is 4.90 Å². The Hall–Kier alpha value is -1.32. The minimum absolute atomic E-state index is 0.829. The highest BCUT2D eigenvalue weighted by atomic mass is 32.1. The van der Waals surface area contributed by atoms with Gasteiger partial charge in [-0.25, -0.2) is 0 Å². The van der Waals surface area contributed by atoms with Gasteiger partial charge in [-0.2, -0.15) is 0 Å². The molecular weight excluding hydrogens is 264 g/mol. The van der Waals surface area contributed by atoms with E-state index in [2.05, 4.69) is 29.2 Å². The molecule has 1 saturated heterocycles. The van der Waals surface area contributed by atoms with Gasteiger partial charge < -0.3 is 5.73 Å². The Bertz CT molecular complexity index is 536. The van der Waals surface area contributed by atoms with Crippen LogP contribution >= 0.6 is 11.3 Å². The van der Waals surface area contributed by atoms with Crippen LogP contribution in [0.15, 0.2) is 36.4 Å². The SMILES string of the molecule is Nc1ccc(-c2ccc(CN3CCCCCC3)s2)cc1. The number of anilines is 1. The van der Waals surface area contributed by atoms with E-state index in [9.17, 15) is 0 Å².